The van der Waals surface area contributed by atoms with E-state index in [2.05, 4.69) is 5.32 Å². The van der Waals surface area contributed by atoms with Crippen LogP contribution < -0.4 is 5.32 Å². The Hall–Kier alpha value is -0.160. The lowest BCUT2D eigenvalue weighted by Crippen LogP contribution is -2.36. The van der Waals surface area contributed by atoms with Crippen molar-refractivity contribution in [3.8, 4) is 0 Å². The number of rotatable bonds is 2. The van der Waals surface area contributed by atoms with Crippen molar-refractivity contribution >= 4 is 0 Å². The van der Waals surface area contributed by atoms with Crippen molar-refractivity contribution in [1.82, 2.24) is 5.32 Å². The number of hydrogen-bond acceptors (Lipinski definition) is 4. The van der Waals surface area contributed by atoms with Gasteiger partial charge in [0.1, 0.15) is 0 Å². The van der Waals surface area contributed by atoms with Crippen LogP contribution in [0.1, 0.15) is 13.3 Å². The Kier molecular flexibility index (Phi) is 2.84. The zero-order valence-electron chi connectivity index (χ0n) is 6.57. The van der Waals surface area contributed by atoms with Crippen LogP contribution in [0.5, 0.6) is 0 Å². The number of aliphatic hydroxyl groups excluding tert-OH is 3. The molecule has 4 heteroatoms. The molecule has 4 nitrogen and oxygen atoms in total. The fourth-order valence-electron chi connectivity index (χ4n) is 1.47. The van der Waals surface area contributed by atoms with E-state index in [1.165, 1.54) is 0 Å². The first-order valence-corrected chi connectivity index (χ1v) is 3.93. The van der Waals surface area contributed by atoms with Gasteiger partial charge >= 0.3 is 0 Å². The van der Waals surface area contributed by atoms with Crippen LogP contribution >= 0.6 is 0 Å². The summed E-state index contributed by atoms with van der Waals surface area (Å²) in [6, 6.07) is -0.447. The molecule has 1 fully saturated rings. The summed E-state index contributed by atoms with van der Waals surface area (Å²) in [5.74, 6) is 0. The van der Waals surface area contributed by atoms with E-state index in [4.69, 9.17) is 5.11 Å². The molecule has 66 valence electrons. The molecule has 4 N–H and O–H groups in total. The minimum Gasteiger partial charge on any atom is -0.395 e. The molecule has 4 atom stereocenters. The van der Waals surface area contributed by atoms with E-state index in [0.717, 1.165) is 6.42 Å². The van der Waals surface area contributed by atoms with E-state index in [1.807, 2.05) is 6.92 Å². The molecule has 0 radical (unpaired) electrons. The van der Waals surface area contributed by atoms with E-state index in [9.17, 15) is 10.2 Å². The highest BCUT2D eigenvalue weighted by molar-refractivity contribution is 4.96. The van der Waals surface area contributed by atoms with Crippen molar-refractivity contribution in [2.24, 2.45) is 0 Å². The first kappa shape index (κ1) is 8.93. The summed E-state index contributed by atoms with van der Waals surface area (Å²) < 4.78 is 0. The third kappa shape index (κ3) is 1.54. The summed E-state index contributed by atoms with van der Waals surface area (Å²) in [5, 5.41) is 30.3. The maximum atomic E-state index is 9.34. The van der Waals surface area contributed by atoms with Gasteiger partial charge in [0.15, 0.2) is 0 Å². The fourth-order valence-corrected chi connectivity index (χ4v) is 1.47. The standard InChI is InChI=1S/C7H15NO3/c1-2-4-6(10)7(11)5(3-9)8-4/h4-11H,2-3H2,1H3/t4-,5+,6+,7-/m0/s1. The summed E-state index contributed by atoms with van der Waals surface area (Å²) in [5.41, 5.74) is 0. The maximum absolute atomic E-state index is 9.34. The van der Waals surface area contributed by atoms with Crippen LogP contribution in [-0.2, 0) is 0 Å². The zero-order chi connectivity index (χ0) is 8.43. The second-order valence-electron chi connectivity index (χ2n) is 2.95. The Morgan fingerprint density at radius 3 is 2.00 bits per heavy atom. The van der Waals surface area contributed by atoms with E-state index >= 15 is 0 Å². The SMILES string of the molecule is CC[C@@H]1N[C@H](CO)[C@H](O)[C@@H]1O. The molecule has 0 aliphatic carbocycles. The highest BCUT2D eigenvalue weighted by Gasteiger charge is 2.39. The fraction of sp³-hybridized carbons (Fsp3) is 1.00. The van der Waals surface area contributed by atoms with Crippen molar-refractivity contribution in [2.45, 2.75) is 37.6 Å². The molecule has 1 heterocycles. The minimum atomic E-state index is -0.829. The molecule has 1 saturated heterocycles. The largest absolute Gasteiger partial charge is 0.395 e. The van der Waals surface area contributed by atoms with Crippen molar-refractivity contribution in [3.05, 3.63) is 0 Å². The zero-order valence-corrected chi connectivity index (χ0v) is 6.57. The van der Waals surface area contributed by atoms with Crippen molar-refractivity contribution in [2.75, 3.05) is 6.61 Å². The topological polar surface area (TPSA) is 72.7 Å². The molecular formula is C7H15NO3. The van der Waals surface area contributed by atoms with Crippen LogP contribution in [0.15, 0.2) is 0 Å². The smallest absolute Gasteiger partial charge is 0.0989 e. The Morgan fingerprint density at radius 1 is 1.18 bits per heavy atom. The molecule has 0 amide bonds. The Morgan fingerprint density at radius 2 is 1.73 bits per heavy atom. The molecule has 0 spiro atoms. The average molecular weight is 161 g/mol. The van der Waals surface area contributed by atoms with Gasteiger partial charge in [0.2, 0.25) is 0 Å². The first-order valence-electron chi connectivity index (χ1n) is 3.93. The number of nitrogens with one attached hydrogen (secondary N) is 1. The quantitative estimate of drug-likeness (QED) is 0.396. The van der Waals surface area contributed by atoms with Crippen molar-refractivity contribution in [1.29, 1.82) is 0 Å². The predicted octanol–water partition coefficient (Wildman–Crippen LogP) is -1.55. The lowest BCUT2D eigenvalue weighted by atomic mass is 10.1. The maximum Gasteiger partial charge on any atom is 0.0989 e. The molecule has 0 aromatic heterocycles. The van der Waals surface area contributed by atoms with Gasteiger partial charge in [0.05, 0.1) is 24.9 Å². The summed E-state index contributed by atoms with van der Waals surface area (Å²) in [6.07, 6.45) is -0.809. The van der Waals surface area contributed by atoms with E-state index in [-0.39, 0.29) is 18.7 Å². The monoisotopic (exact) mass is 161 g/mol. The second-order valence-corrected chi connectivity index (χ2v) is 2.95. The average Bonchev–Trinajstić information content (AvgIpc) is 2.30. The number of aliphatic hydroxyl groups is 3. The van der Waals surface area contributed by atoms with E-state index in [1.54, 1.807) is 0 Å². The van der Waals surface area contributed by atoms with E-state index < -0.39 is 12.2 Å². The van der Waals surface area contributed by atoms with Crippen LogP contribution in [0.25, 0.3) is 0 Å². The summed E-state index contributed by atoms with van der Waals surface area (Å²) in [7, 11) is 0. The van der Waals surface area contributed by atoms with Crippen LogP contribution in [0, 0.1) is 0 Å². The first-order chi connectivity index (χ1) is 5.20. The van der Waals surface area contributed by atoms with Gasteiger partial charge in [0, 0.05) is 6.04 Å². The van der Waals surface area contributed by atoms with Gasteiger partial charge in [-0.05, 0) is 6.42 Å². The van der Waals surface area contributed by atoms with Gasteiger partial charge in [-0.1, -0.05) is 6.92 Å². The van der Waals surface area contributed by atoms with Gasteiger partial charge in [0.25, 0.3) is 0 Å². The summed E-state index contributed by atoms with van der Waals surface area (Å²) >= 11 is 0. The molecule has 11 heavy (non-hydrogen) atoms. The van der Waals surface area contributed by atoms with Gasteiger partial charge in [-0.25, -0.2) is 0 Å². The molecule has 0 unspecified atom stereocenters. The lowest BCUT2D eigenvalue weighted by Gasteiger charge is -2.12. The molecule has 0 bridgehead atoms. The Labute approximate surface area is 65.9 Å². The van der Waals surface area contributed by atoms with Crippen LogP contribution in [-0.4, -0.2) is 46.2 Å². The third-order valence-corrected chi connectivity index (χ3v) is 2.24. The minimum absolute atomic E-state index is 0.0813. The molecule has 1 rings (SSSR count). The van der Waals surface area contributed by atoms with Crippen LogP contribution in [0.2, 0.25) is 0 Å². The molecule has 0 saturated carbocycles. The summed E-state index contributed by atoms with van der Waals surface area (Å²) in [6.45, 7) is 1.79. The van der Waals surface area contributed by atoms with Gasteiger partial charge in [-0.2, -0.15) is 0 Å². The predicted molar refractivity (Wildman–Crippen MR) is 40.1 cm³/mol. The number of hydrogen-bond donors (Lipinski definition) is 4. The Bertz CT molecular complexity index is 113. The normalized spacial score (nSPS) is 44.7. The van der Waals surface area contributed by atoms with E-state index in [0.29, 0.717) is 0 Å². The molecule has 1 aliphatic heterocycles. The lowest BCUT2D eigenvalue weighted by molar-refractivity contribution is 0.0193. The Balaban J connectivity index is 2.53. The summed E-state index contributed by atoms with van der Waals surface area (Å²) in [4.78, 5) is 0. The van der Waals surface area contributed by atoms with Gasteiger partial charge in [-0.15, -0.1) is 0 Å². The highest BCUT2D eigenvalue weighted by atomic mass is 16.3. The van der Waals surface area contributed by atoms with Crippen LogP contribution in [0.4, 0.5) is 0 Å². The highest BCUT2D eigenvalue weighted by Crippen LogP contribution is 2.15. The van der Waals surface area contributed by atoms with Gasteiger partial charge in [-0.3, -0.25) is 0 Å². The molecule has 0 aromatic carbocycles. The van der Waals surface area contributed by atoms with Crippen molar-refractivity contribution < 1.29 is 15.3 Å². The molecule has 0 aromatic rings. The van der Waals surface area contributed by atoms with Crippen molar-refractivity contribution in [3.63, 3.8) is 0 Å². The third-order valence-electron chi connectivity index (χ3n) is 2.24. The van der Waals surface area contributed by atoms with Crippen LogP contribution in [0.3, 0.4) is 0 Å². The molecular weight excluding hydrogens is 146 g/mol. The molecule has 1 aliphatic rings. The second kappa shape index (κ2) is 3.49. The van der Waals surface area contributed by atoms with Gasteiger partial charge < -0.3 is 20.6 Å².